The Hall–Kier alpha value is -1.31. The number of hydrogen-bond donors (Lipinski definition) is 0. The summed E-state index contributed by atoms with van der Waals surface area (Å²) >= 11 is 11.7. The van der Waals surface area contributed by atoms with E-state index < -0.39 is 28.3 Å². The minimum absolute atomic E-state index is 0.0360. The summed E-state index contributed by atoms with van der Waals surface area (Å²) in [6, 6.07) is 4.41. The van der Waals surface area contributed by atoms with Gasteiger partial charge in [-0.05, 0) is 24.1 Å². The fraction of sp³-hybridized carbons (Fsp3) is 0.467. The number of likely N-dealkylation sites (N-methyl/N-ethyl adjacent to an activating group) is 1. The molecule has 1 aromatic rings. The molecular weight excluding hydrogens is 377 g/mol. The van der Waals surface area contributed by atoms with E-state index >= 15 is 0 Å². The van der Waals surface area contributed by atoms with E-state index in [0.717, 1.165) is 0 Å². The van der Waals surface area contributed by atoms with Crippen LogP contribution in [0.4, 0.5) is 0 Å². The minimum atomic E-state index is -3.08. The molecule has 0 saturated carbocycles. The Morgan fingerprint density at radius 2 is 2.00 bits per heavy atom. The summed E-state index contributed by atoms with van der Waals surface area (Å²) < 4.78 is 27.8. The highest BCUT2D eigenvalue weighted by Crippen LogP contribution is 2.23. The lowest BCUT2D eigenvalue weighted by Gasteiger charge is -2.23. The monoisotopic (exact) mass is 393 g/mol. The van der Waals surface area contributed by atoms with E-state index in [1.54, 1.807) is 18.2 Å². The Morgan fingerprint density at radius 3 is 2.58 bits per heavy atom. The first-order valence-electron chi connectivity index (χ1n) is 7.23. The largest absolute Gasteiger partial charge is 0.455 e. The van der Waals surface area contributed by atoms with Gasteiger partial charge < -0.3 is 9.64 Å². The number of halogens is 2. The Labute approximate surface area is 150 Å². The second kappa shape index (κ2) is 7.72. The summed E-state index contributed by atoms with van der Waals surface area (Å²) in [5.74, 6) is -0.979. The van der Waals surface area contributed by atoms with Gasteiger partial charge >= 0.3 is 5.97 Å². The van der Waals surface area contributed by atoms with Crippen LogP contribution < -0.4 is 0 Å². The van der Waals surface area contributed by atoms with Crippen LogP contribution >= 0.6 is 23.2 Å². The third-order valence-electron chi connectivity index (χ3n) is 3.84. The van der Waals surface area contributed by atoms with E-state index in [-0.39, 0.29) is 24.0 Å². The molecule has 0 radical (unpaired) electrons. The van der Waals surface area contributed by atoms with Crippen LogP contribution in [-0.2, 0) is 30.6 Å². The fourth-order valence-electron chi connectivity index (χ4n) is 2.40. The van der Waals surface area contributed by atoms with E-state index in [0.29, 0.717) is 22.0 Å². The number of ether oxygens (including phenoxy) is 1. The Bertz CT molecular complexity index is 750. The molecule has 24 heavy (non-hydrogen) atoms. The number of rotatable bonds is 5. The van der Waals surface area contributed by atoms with Crippen molar-refractivity contribution in [3.63, 3.8) is 0 Å². The van der Waals surface area contributed by atoms with E-state index in [9.17, 15) is 18.0 Å². The molecule has 1 amide bonds. The first-order chi connectivity index (χ1) is 11.2. The number of amides is 1. The maximum atomic E-state index is 12.0. The van der Waals surface area contributed by atoms with Crippen molar-refractivity contribution in [1.29, 1.82) is 0 Å². The molecule has 0 bridgehead atoms. The van der Waals surface area contributed by atoms with Crippen molar-refractivity contribution in [2.75, 3.05) is 25.2 Å². The first kappa shape index (κ1) is 19.0. The van der Waals surface area contributed by atoms with Crippen LogP contribution in [0.5, 0.6) is 0 Å². The molecule has 1 saturated heterocycles. The van der Waals surface area contributed by atoms with Gasteiger partial charge in [-0.25, -0.2) is 8.42 Å². The summed E-state index contributed by atoms with van der Waals surface area (Å²) in [5.41, 5.74) is 0.622. The van der Waals surface area contributed by atoms with E-state index in [2.05, 4.69) is 0 Å². The van der Waals surface area contributed by atoms with Crippen LogP contribution in [0.2, 0.25) is 10.0 Å². The number of esters is 1. The average molecular weight is 394 g/mol. The van der Waals surface area contributed by atoms with Crippen LogP contribution in [0.3, 0.4) is 0 Å². The van der Waals surface area contributed by atoms with E-state index in [1.165, 1.54) is 11.9 Å². The summed E-state index contributed by atoms with van der Waals surface area (Å²) in [7, 11) is -1.56. The smallest absolute Gasteiger partial charge is 0.310 e. The number of sulfone groups is 1. The third-order valence-corrected chi connectivity index (χ3v) is 6.33. The van der Waals surface area contributed by atoms with Crippen molar-refractivity contribution in [2.45, 2.75) is 18.9 Å². The van der Waals surface area contributed by atoms with Gasteiger partial charge in [0.2, 0.25) is 0 Å². The lowest BCUT2D eigenvalue weighted by Crippen LogP contribution is -2.40. The second-order valence-corrected chi connectivity index (χ2v) is 8.69. The Balaban J connectivity index is 1.82. The van der Waals surface area contributed by atoms with E-state index in [4.69, 9.17) is 27.9 Å². The summed E-state index contributed by atoms with van der Waals surface area (Å²) in [5, 5.41) is 0.720. The molecule has 0 aliphatic carbocycles. The molecule has 1 aliphatic heterocycles. The second-order valence-electron chi connectivity index (χ2n) is 5.65. The maximum Gasteiger partial charge on any atom is 0.310 e. The number of benzene rings is 1. The molecule has 0 aromatic heterocycles. The van der Waals surface area contributed by atoms with Crippen LogP contribution in [0, 0.1) is 0 Å². The highest BCUT2D eigenvalue weighted by atomic mass is 35.5. The molecular formula is C15H17Cl2NO5S. The summed E-state index contributed by atoms with van der Waals surface area (Å²) in [6.45, 7) is -0.423. The lowest BCUT2D eigenvalue weighted by atomic mass is 10.1. The van der Waals surface area contributed by atoms with Gasteiger partial charge in [-0.3, -0.25) is 9.59 Å². The van der Waals surface area contributed by atoms with Gasteiger partial charge in [0, 0.05) is 13.1 Å². The normalized spacial score (nSPS) is 19.0. The number of nitrogens with zero attached hydrogens (tertiary/aromatic N) is 1. The molecule has 0 N–H and O–H groups in total. The molecule has 1 atom stereocenters. The van der Waals surface area contributed by atoms with Gasteiger partial charge in [0.05, 0.1) is 28.0 Å². The van der Waals surface area contributed by atoms with Crippen molar-refractivity contribution in [2.24, 2.45) is 0 Å². The topological polar surface area (TPSA) is 80.8 Å². The molecule has 2 rings (SSSR count). The van der Waals surface area contributed by atoms with Gasteiger partial charge in [0.25, 0.3) is 5.91 Å². The zero-order valence-electron chi connectivity index (χ0n) is 13.0. The van der Waals surface area contributed by atoms with Crippen molar-refractivity contribution in [3.05, 3.63) is 33.8 Å². The Kier molecular flexibility index (Phi) is 6.11. The number of carbonyl (C=O) groups excluding carboxylic acids is 2. The lowest BCUT2D eigenvalue weighted by molar-refractivity contribution is -0.151. The van der Waals surface area contributed by atoms with Crippen LogP contribution in [0.15, 0.2) is 18.2 Å². The van der Waals surface area contributed by atoms with Gasteiger partial charge in [0.1, 0.15) is 0 Å². The molecule has 9 heteroatoms. The highest BCUT2D eigenvalue weighted by molar-refractivity contribution is 7.91. The van der Waals surface area contributed by atoms with Gasteiger partial charge in [-0.2, -0.15) is 0 Å². The maximum absolute atomic E-state index is 12.0. The van der Waals surface area contributed by atoms with E-state index in [1.807, 2.05) is 0 Å². The van der Waals surface area contributed by atoms with Crippen LogP contribution in [-0.4, -0.2) is 56.4 Å². The highest BCUT2D eigenvalue weighted by Gasteiger charge is 2.32. The summed E-state index contributed by atoms with van der Waals surface area (Å²) in [6.07, 6.45) is 0.369. The van der Waals surface area contributed by atoms with Crippen molar-refractivity contribution < 1.29 is 22.7 Å². The quantitative estimate of drug-likeness (QED) is 0.711. The molecule has 6 nitrogen and oxygen atoms in total. The molecule has 132 valence electrons. The van der Waals surface area contributed by atoms with Crippen LogP contribution in [0.1, 0.15) is 12.0 Å². The molecule has 1 aliphatic rings. The van der Waals surface area contributed by atoms with Gasteiger partial charge in [0.15, 0.2) is 16.4 Å². The van der Waals surface area contributed by atoms with Crippen molar-refractivity contribution >= 4 is 44.9 Å². The number of carbonyl (C=O) groups is 2. The van der Waals surface area contributed by atoms with Crippen LogP contribution in [0.25, 0.3) is 0 Å². The molecule has 1 aromatic carbocycles. The predicted molar refractivity (Wildman–Crippen MR) is 91.0 cm³/mol. The molecule has 1 fully saturated rings. The van der Waals surface area contributed by atoms with Gasteiger partial charge in [-0.15, -0.1) is 0 Å². The third kappa shape index (κ3) is 5.09. The first-order valence-corrected chi connectivity index (χ1v) is 9.81. The SMILES string of the molecule is CN(C(=O)COC(=O)Cc1ccc(Cl)c(Cl)c1)C1CCS(=O)(=O)C1. The minimum Gasteiger partial charge on any atom is -0.455 e. The standard InChI is InChI=1S/C15H17Cl2NO5S/c1-18(11-4-5-24(21,22)9-11)14(19)8-23-15(20)7-10-2-3-12(16)13(17)6-10/h2-3,6,11H,4-5,7-9H2,1H3. The summed E-state index contributed by atoms with van der Waals surface area (Å²) in [4.78, 5) is 25.1. The Morgan fingerprint density at radius 1 is 1.29 bits per heavy atom. The van der Waals surface area contributed by atoms with Gasteiger partial charge in [-0.1, -0.05) is 29.3 Å². The fourth-order valence-corrected chi connectivity index (χ4v) is 4.49. The van der Waals surface area contributed by atoms with Crippen molar-refractivity contribution in [3.8, 4) is 0 Å². The zero-order chi connectivity index (χ0) is 17.9. The average Bonchev–Trinajstić information content (AvgIpc) is 2.88. The molecule has 1 unspecified atom stereocenters. The predicted octanol–water partition coefficient (Wildman–Crippen LogP) is 1.72. The van der Waals surface area contributed by atoms with Crippen molar-refractivity contribution in [1.82, 2.24) is 4.90 Å². The zero-order valence-corrected chi connectivity index (χ0v) is 15.3. The molecule has 0 spiro atoms. The number of hydrogen-bond acceptors (Lipinski definition) is 5. The molecule has 1 heterocycles.